The Kier molecular flexibility index (Phi) is 6.92. The second-order valence-electron chi connectivity index (χ2n) is 7.19. The number of carbonyl (C=O) groups excluding carboxylic acids is 1. The number of rotatable bonds is 9. The zero-order valence-electron chi connectivity index (χ0n) is 16.6. The minimum Gasteiger partial charge on any atom is -0.472 e. The highest BCUT2D eigenvalue weighted by atomic mass is 32.2. The van der Waals surface area contributed by atoms with Crippen LogP contribution in [-0.4, -0.2) is 31.0 Å². The summed E-state index contributed by atoms with van der Waals surface area (Å²) in [5, 5.41) is 1.56. The molecule has 7 heteroatoms. The van der Waals surface area contributed by atoms with Gasteiger partial charge in [-0.25, -0.2) is 8.42 Å². The Morgan fingerprint density at radius 2 is 1.86 bits per heavy atom. The number of hydrogen-bond acceptors (Lipinski definition) is 5. The highest BCUT2D eigenvalue weighted by Crippen LogP contribution is 2.18. The van der Waals surface area contributed by atoms with Crippen LogP contribution >= 0.6 is 11.3 Å². The first-order valence-electron chi connectivity index (χ1n) is 9.50. The van der Waals surface area contributed by atoms with Crippen molar-refractivity contribution in [2.75, 3.05) is 6.54 Å². The molecule has 0 aliphatic rings. The van der Waals surface area contributed by atoms with Crippen molar-refractivity contribution < 1.29 is 17.6 Å². The third kappa shape index (κ3) is 5.58. The van der Waals surface area contributed by atoms with Crippen molar-refractivity contribution >= 4 is 27.1 Å². The zero-order chi connectivity index (χ0) is 20.9. The van der Waals surface area contributed by atoms with E-state index in [4.69, 9.17) is 4.42 Å². The molecule has 1 amide bonds. The molecule has 3 aromatic rings. The molecule has 0 aliphatic heterocycles. The highest BCUT2D eigenvalue weighted by molar-refractivity contribution is 7.92. The van der Waals surface area contributed by atoms with Gasteiger partial charge in [-0.3, -0.25) is 4.79 Å². The van der Waals surface area contributed by atoms with Crippen LogP contribution in [0.2, 0.25) is 0 Å². The Morgan fingerprint density at radius 3 is 2.45 bits per heavy atom. The van der Waals surface area contributed by atoms with E-state index in [0.29, 0.717) is 13.1 Å². The summed E-state index contributed by atoms with van der Waals surface area (Å²) < 4.78 is 29.7. The zero-order valence-corrected chi connectivity index (χ0v) is 18.2. The average Bonchev–Trinajstić information content (AvgIpc) is 3.39. The van der Waals surface area contributed by atoms with Gasteiger partial charge in [-0.15, -0.1) is 11.3 Å². The van der Waals surface area contributed by atoms with Gasteiger partial charge in [-0.2, -0.15) is 0 Å². The minimum absolute atomic E-state index is 0.00206. The number of thiophene rings is 1. The molecule has 0 radical (unpaired) electrons. The summed E-state index contributed by atoms with van der Waals surface area (Å²) in [4.78, 5) is 16.3. The molecule has 0 atom stereocenters. The lowest BCUT2D eigenvalue weighted by molar-refractivity contribution is -0.131. The second-order valence-corrected chi connectivity index (χ2v) is 10.7. The van der Waals surface area contributed by atoms with Crippen LogP contribution in [0.5, 0.6) is 0 Å². The molecule has 1 aromatic carbocycles. The lowest BCUT2D eigenvalue weighted by atomic mass is 10.1. The molecular weight excluding hydrogens is 406 g/mol. The largest absolute Gasteiger partial charge is 0.472 e. The van der Waals surface area contributed by atoms with E-state index in [0.717, 1.165) is 17.5 Å². The molecule has 0 N–H and O–H groups in total. The fraction of sp³-hybridized carbons (Fsp3) is 0.318. The Labute approximate surface area is 175 Å². The van der Waals surface area contributed by atoms with Crippen LogP contribution in [0.25, 0.3) is 0 Å². The maximum Gasteiger partial charge on any atom is 0.227 e. The summed E-state index contributed by atoms with van der Waals surface area (Å²) in [6, 6.07) is 12.6. The number of furan rings is 1. The molecule has 29 heavy (non-hydrogen) atoms. The van der Waals surface area contributed by atoms with Gasteiger partial charge in [-0.05, 0) is 55.5 Å². The summed E-state index contributed by atoms with van der Waals surface area (Å²) >= 11 is 1.68. The smallest absolute Gasteiger partial charge is 0.227 e. The van der Waals surface area contributed by atoms with Crippen LogP contribution < -0.4 is 0 Å². The van der Waals surface area contributed by atoms with Crippen molar-refractivity contribution in [3.63, 3.8) is 0 Å². The van der Waals surface area contributed by atoms with E-state index >= 15 is 0 Å². The van der Waals surface area contributed by atoms with Gasteiger partial charge in [0.1, 0.15) is 0 Å². The summed E-state index contributed by atoms with van der Waals surface area (Å²) in [6.45, 7) is 4.42. The van der Waals surface area contributed by atoms with Gasteiger partial charge >= 0.3 is 0 Å². The second kappa shape index (κ2) is 9.41. The van der Waals surface area contributed by atoms with Crippen molar-refractivity contribution in [2.24, 2.45) is 0 Å². The lowest BCUT2D eigenvalue weighted by Gasteiger charge is -2.22. The summed E-state index contributed by atoms with van der Waals surface area (Å²) in [5.41, 5.74) is 1.74. The summed E-state index contributed by atoms with van der Waals surface area (Å²) in [6.07, 6.45) is 4.28. The number of sulfone groups is 1. The molecule has 154 valence electrons. The Bertz CT molecular complexity index is 1010. The molecule has 0 fully saturated rings. The molecule has 0 aliphatic carbocycles. The average molecular weight is 432 g/mol. The number of amides is 1. The van der Waals surface area contributed by atoms with Crippen LogP contribution in [0, 0.1) is 0 Å². The van der Waals surface area contributed by atoms with Crippen molar-refractivity contribution in [3.8, 4) is 0 Å². The van der Waals surface area contributed by atoms with Gasteiger partial charge in [0.05, 0.1) is 29.1 Å². The molecule has 5 nitrogen and oxygen atoms in total. The van der Waals surface area contributed by atoms with E-state index < -0.39 is 15.1 Å². The molecule has 2 heterocycles. The first kappa shape index (κ1) is 21.3. The fourth-order valence-corrected chi connectivity index (χ4v) is 4.71. The Hall–Kier alpha value is -2.38. The molecule has 3 rings (SSSR count). The summed E-state index contributed by atoms with van der Waals surface area (Å²) in [5.74, 6) is 0.00206. The maximum absolute atomic E-state index is 13.0. The Morgan fingerprint density at radius 1 is 1.10 bits per heavy atom. The van der Waals surface area contributed by atoms with Gasteiger partial charge in [0.25, 0.3) is 0 Å². The molecular formula is C22H25NO4S2. The van der Waals surface area contributed by atoms with E-state index in [2.05, 4.69) is 6.07 Å². The van der Waals surface area contributed by atoms with Crippen LogP contribution in [0.3, 0.4) is 0 Å². The molecule has 0 bridgehead atoms. The highest BCUT2D eigenvalue weighted by Gasteiger charge is 2.20. The lowest BCUT2D eigenvalue weighted by Crippen LogP contribution is -2.33. The molecule has 0 unspecified atom stereocenters. The van der Waals surface area contributed by atoms with Gasteiger partial charge < -0.3 is 9.32 Å². The van der Waals surface area contributed by atoms with Gasteiger partial charge in [0.15, 0.2) is 9.84 Å². The third-order valence-electron chi connectivity index (χ3n) is 4.74. The number of carbonyl (C=O) groups is 1. The number of hydrogen-bond donors (Lipinski definition) is 0. The van der Waals surface area contributed by atoms with E-state index in [1.807, 2.05) is 22.4 Å². The van der Waals surface area contributed by atoms with Gasteiger partial charge in [0.2, 0.25) is 5.91 Å². The number of benzene rings is 1. The van der Waals surface area contributed by atoms with Crippen molar-refractivity contribution in [2.45, 2.75) is 43.4 Å². The third-order valence-corrected chi connectivity index (χ3v) is 7.85. The quantitative estimate of drug-likeness (QED) is 0.505. The monoisotopic (exact) mass is 431 g/mol. The van der Waals surface area contributed by atoms with Crippen LogP contribution in [-0.2, 0) is 34.0 Å². The van der Waals surface area contributed by atoms with E-state index in [1.54, 1.807) is 62.0 Å². The SMILES string of the molecule is CC(C)S(=O)(=O)c1ccc(CC(=O)N(CCc2cccs2)Cc2ccoc2)cc1. The van der Waals surface area contributed by atoms with E-state index in [-0.39, 0.29) is 17.2 Å². The van der Waals surface area contributed by atoms with Crippen LogP contribution in [0.4, 0.5) is 0 Å². The molecule has 0 saturated carbocycles. The van der Waals surface area contributed by atoms with Crippen molar-refractivity contribution in [1.29, 1.82) is 0 Å². The number of nitrogens with zero attached hydrogens (tertiary/aromatic N) is 1. The first-order chi connectivity index (χ1) is 13.9. The topological polar surface area (TPSA) is 67.6 Å². The van der Waals surface area contributed by atoms with Crippen LogP contribution in [0.1, 0.15) is 29.9 Å². The predicted octanol–water partition coefficient (Wildman–Crippen LogP) is 4.34. The van der Waals surface area contributed by atoms with Crippen molar-refractivity contribution in [3.05, 3.63) is 76.4 Å². The predicted molar refractivity (Wildman–Crippen MR) is 115 cm³/mol. The molecule has 0 saturated heterocycles. The van der Waals surface area contributed by atoms with Crippen LogP contribution in [0.15, 0.2) is 69.7 Å². The first-order valence-corrected chi connectivity index (χ1v) is 11.9. The van der Waals surface area contributed by atoms with E-state index in [1.165, 1.54) is 4.88 Å². The fourth-order valence-electron chi connectivity index (χ4n) is 2.95. The summed E-state index contributed by atoms with van der Waals surface area (Å²) in [7, 11) is -3.31. The molecule has 0 spiro atoms. The standard InChI is InChI=1S/C22H25NO4S2/c1-17(2)29(25,26)21-7-5-18(6-8-21)14-22(24)23(15-19-10-12-27-16-19)11-9-20-4-3-13-28-20/h3-8,10,12-13,16-17H,9,11,14-15H2,1-2H3. The van der Waals surface area contributed by atoms with Gasteiger partial charge in [0, 0.05) is 23.5 Å². The van der Waals surface area contributed by atoms with E-state index in [9.17, 15) is 13.2 Å². The van der Waals surface area contributed by atoms with Crippen molar-refractivity contribution in [1.82, 2.24) is 4.90 Å². The minimum atomic E-state index is -3.31. The van der Waals surface area contributed by atoms with Gasteiger partial charge in [-0.1, -0.05) is 18.2 Å². The maximum atomic E-state index is 13.0. The normalized spacial score (nSPS) is 11.7. The molecule has 2 aromatic heterocycles. The Balaban J connectivity index is 1.69.